The van der Waals surface area contributed by atoms with Gasteiger partial charge >= 0.3 is 6.01 Å². The second-order valence-corrected chi connectivity index (χ2v) is 4.76. The Morgan fingerprint density at radius 1 is 1.32 bits per heavy atom. The molecule has 3 rings (SSSR count). The average molecular weight is 256 g/mol. The molecule has 0 radical (unpaired) electrons. The number of rotatable bonds is 4. The molecule has 2 aromatic heterocycles. The highest BCUT2D eigenvalue weighted by Crippen LogP contribution is 2.17. The number of nitrogens with zero attached hydrogens (tertiary/aromatic N) is 3. The Morgan fingerprint density at radius 2 is 2.16 bits per heavy atom. The van der Waals surface area contributed by atoms with Crippen LogP contribution in [0.15, 0.2) is 41.3 Å². The third kappa shape index (κ3) is 2.37. The second-order valence-electron chi connectivity index (χ2n) is 4.76. The Balaban J connectivity index is 1.90. The molecule has 0 aliphatic carbocycles. The van der Waals surface area contributed by atoms with Gasteiger partial charge in [0.1, 0.15) is 12.6 Å². The molecule has 1 N–H and O–H groups in total. The van der Waals surface area contributed by atoms with Crippen LogP contribution in [0.25, 0.3) is 17.0 Å². The van der Waals surface area contributed by atoms with Crippen molar-refractivity contribution in [2.75, 3.05) is 0 Å². The SMILES string of the molecule is CC(C)NCc1coc(-n2cnc3ccccc32)n1. The van der Waals surface area contributed by atoms with E-state index in [4.69, 9.17) is 4.42 Å². The van der Waals surface area contributed by atoms with Crippen LogP contribution >= 0.6 is 0 Å². The number of benzene rings is 1. The van der Waals surface area contributed by atoms with Gasteiger partial charge in [-0.1, -0.05) is 26.0 Å². The number of imidazole rings is 1. The molecule has 19 heavy (non-hydrogen) atoms. The van der Waals surface area contributed by atoms with Crippen molar-refractivity contribution < 1.29 is 4.42 Å². The van der Waals surface area contributed by atoms with E-state index in [0.717, 1.165) is 16.7 Å². The standard InChI is InChI=1S/C14H16N4O/c1-10(2)15-7-11-8-19-14(17-11)18-9-16-12-5-3-4-6-13(12)18/h3-6,8-10,15H,7H2,1-2H3. The number of nitrogens with one attached hydrogen (secondary N) is 1. The second kappa shape index (κ2) is 4.85. The monoisotopic (exact) mass is 256 g/mol. The number of fused-ring (bicyclic) bond motifs is 1. The lowest BCUT2D eigenvalue weighted by molar-refractivity contribution is 0.527. The number of hydrogen-bond donors (Lipinski definition) is 1. The topological polar surface area (TPSA) is 55.9 Å². The van der Waals surface area contributed by atoms with Gasteiger partial charge in [0.2, 0.25) is 0 Å². The fourth-order valence-corrected chi connectivity index (χ4v) is 1.91. The first-order valence-corrected chi connectivity index (χ1v) is 6.34. The molecule has 5 heteroatoms. The van der Waals surface area contributed by atoms with E-state index in [1.54, 1.807) is 12.6 Å². The summed E-state index contributed by atoms with van der Waals surface area (Å²) in [7, 11) is 0. The maximum atomic E-state index is 5.52. The molecule has 0 saturated heterocycles. The molecule has 0 atom stereocenters. The zero-order chi connectivity index (χ0) is 13.2. The number of oxazole rings is 1. The van der Waals surface area contributed by atoms with Crippen LogP contribution in [0.3, 0.4) is 0 Å². The summed E-state index contributed by atoms with van der Waals surface area (Å²) in [6.45, 7) is 4.91. The Labute approximate surface area is 111 Å². The normalized spacial score (nSPS) is 11.5. The summed E-state index contributed by atoms with van der Waals surface area (Å²) >= 11 is 0. The fraction of sp³-hybridized carbons (Fsp3) is 0.286. The van der Waals surface area contributed by atoms with Crippen molar-refractivity contribution in [1.82, 2.24) is 19.9 Å². The van der Waals surface area contributed by atoms with E-state index in [1.165, 1.54) is 0 Å². The molecule has 0 saturated carbocycles. The summed E-state index contributed by atoms with van der Waals surface area (Å²) in [6, 6.07) is 8.88. The van der Waals surface area contributed by atoms with Gasteiger partial charge < -0.3 is 9.73 Å². The first-order valence-electron chi connectivity index (χ1n) is 6.34. The summed E-state index contributed by atoms with van der Waals surface area (Å²) in [5.74, 6) is 0. The van der Waals surface area contributed by atoms with Gasteiger partial charge in [-0.2, -0.15) is 4.98 Å². The van der Waals surface area contributed by atoms with E-state index in [-0.39, 0.29) is 0 Å². The van der Waals surface area contributed by atoms with E-state index in [1.807, 2.05) is 28.8 Å². The molecule has 98 valence electrons. The predicted molar refractivity (Wildman–Crippen MR) is 73.1 cm³/mol. The van der Waals surface area contributed by atoms with Crippen LogP contribution in [0.5, 0.6) is 0 Å². The van der Waals surface area contributed by atoms with E-state index < -0.39 is 0 Å². The molecule has 5 nitrogen and oxygen atoms in total. The maximum Gasteiger partial charge on any atom is 0.307 e. The number of hydrogen-bond acceptors (Lipinski definition) is 4. The molecule has 0 bridgehead atoms. The molecule has 0 unspecified atom stereocenters. The summed E-state index contributed by atoms with van der Waals surface area (Å²) in [5.41, 5.74) is 2.82. The Kier molecular flexibility index (Phi) is 3.05. The van der Waals surface area contributed by atoms with E-state index in [2.05, 4.69) is 29.1 Å². The Morgan fingerprint density at radius 3 is 3.00 bits per heavy atom. The lowest BCUT2D eigenvalue weighted by Crippen LogP contribution is -2.21. The van der Waals surface area contributed by atoms with Crippen LogP contribution in [0.4, 0.5) is 0 Å². The van der Waals surface area contributed by atoms with Gasteiger partial charge in [-0.25, -0.2) is 4.98 Å². The van der Waals surface area contributed by atoms with Gasteiger partial charge in [-0.15, -0.1) is 0 Å². The number of para-hydroxylation sites is 2. The zero-order valence-corrected chi connectivity index (χ0v) is 11.0. The van der Waals surface area contributed by atoms with Gasteiger partial charge in [-0.05, 0) is 12.1 Å². The van der Waals surface area contributed by atoms with Crippen molar-refractivity contribution in [3.8, 4) is 6.01 Å². The molecular weight excluding hydrogens is 240 g/mol. The lowest BCUT2D eigenvalue weighted by Gasteiger charge is -2.04. The van der Waals surface area contributed by atoms with Gasteiger partial charge in [0, 0.05) is 12.6 Å². The molecule has 2 heterocycles. The summed E-state index contributed by atoms with van der Waals surface area (Å²) < 4.78 is 7.38. The molecule has 0 aliphatic heterocycles. The molecular formula is C14H16N4O. The first kappa shape index (κ1) is 11.9. The van der Waals surface area contributed by atoms with Crippen LogP contribution in [-0.2, 0) is 6.54 Å². The maximum absolute atomic E-state index is 5.52. The van der Waals surface area contributed by atoms with Crippen LogP contribution < -0.4 is 5.32 Å². The first-order chi connectivity index (χ1) is 9.24. The number of aromatic nitrogens is 3. The molecule has 0 fully saturated rings. The molecule has 0 amide bonds. The quantitative estimate of drug-likeness (QED) is 0.779. The Bertz CT molecular complexity index is 683. The highest BCUT2D eigenvalue weighted by molar-refractivity contribution is 5.76. The Hall–Kier alpha value is -2.14. The van der Waals surface area contributed by atoms with Crippen molar-refractivity contribution in [3.05, 3.63) is 42.5 Å². The van der Waals surface area contributed by atoms with Crippen molar-refractivity contribution in [3.63, 3.8) is 0 Å². The minimum absolute atomic E-state index is 0.425. The van der Waals surface area contributed by atoms with E-state index in [0.29, 0.717) is 18.6 Å². The van der Waals surface area contributed by atoms with Crippen LogP contribution in [-0.4, -0.2) is 20.6 Å². The lowest BCUT2D eigenvalue weighted by atomic mass is 10.3. The summed E-state index contributed by atoms with van der Waals surface area (Å²) in [5, 5.41) is 3.31. The molecule has 0 aliphatic rings. The van der Waals surface area contributed by atoms with Gasteiger partial charge in [0.15, 0.2) is 0 Å². The minimum atomic E-state index is 0.425. The molecule has 3 aromatic rings. The molecule has 1 aromatic carbocycles. The van der Waals surface area contributed by atoms with Crippen LogP contribution in [0.1, 0.15) is 19.5 Å². The summed E-state index contributed by atoms with van der Waals surface area (Å²) in [6.07, 6.45) is 3.41. The third-order valence-electron chi connectivity index (χ3n) is 2.89. The highest BCUT2D eigenvalue weighted by atomic mass is 16.4. The van der Waals surface area contributed by atoms with Crippen molar-refractivity contribution in [2.45, 2.75) is 26.4 Å². The summed E-state index contributed by atoms with van der Waals surface area (Å²) in [4.78, 5) is 8.79. The largest absolute Gasteiger partial charge is 0.431 e. The fourth-order valence-electron chi connectivity index (χ4n) is 1.91. The zero-order valence-electron chi connectivity index (χ0n) is 11.0. The van der Waals surface area contributed by atoms with E-state index >= 15 is 0 Å². The average Bonchev–Trinajstić information content (AvgIpc) is 3.02. The van der Waals surface area contributed by atoms with Crippen LogP contribution in [0.2, 0.25) is 0 Å². The molecule has 0 spiro atoms. The predicted octanol–water partition coefficient (Wildman–Crippen LogP) is 2.51. The van der Waals surface area contributed by atoms with Crippen molar-refractivity contribution in [1.29, 1.82) is 0 Å². The van der Waals surface area contributed by atoms with Gasteiger partial charge in [0.05, 0.1) is 16.7 Å². The van der Waals surface area contributed by atoms with E-state index in [9.17, 15) is 0 Å². The van der Waals surface area contributed by atoms with Crippen LogP contribution in [0, 0.1) is 0 Å². The smallest absolute Gasteiger partial charge is 0.307 e. The van der Waals surface area contributed by atoms with Gasteiger partial charge in [-0.3, -0.25) is 4.57 Å². The highest BCUT2D eigenvalue weighted by Gasteiger charge is 2.09. The minimum Gasteiger partial charge on any atom is -0.431 e. The van der Waals surface area contributed by atoms with Crippen molar-refractivity contribution >= 4 is 11.0 Å². The van der Waals surface area contributed by atoms with Gasteiger partial charge in [0.25, 0.3) is 0 Å². The third-order valence-corrected chi connectivity index (χ3v) is 2.89. The van der Waals surface area contributed by atoms with Crippen molar-refractivity contribution in [2.24, 2.45) is 0 Å².